The highest BCUT2D eigenvalue weighted by molar-refractivity contribution is 14.1. The Bertz CT molecular complexity index is 463. The van der Waals surface area contributed by atoms with E-state index in [4.69, 9.17) is 0 Å². The molecule has 0 saturated carbocycles. The first-order valence-electron chi connectivity index (χ1n) is 7.97. The van der Waals surface area contributed by atoms with Crippen molar-refractivity contribution >= 4 is 22.6 Å². The summed E-state index contributed by atoms with van der Waals surface area (Å²) < 4.78 is 1.31. The number of nitrogens with one attached hydrogen (secondary N) is 1. The Kier molecular flexibility index (Phi) is 5.37. The summed E-state index contributed by atoms with van der Waals surface area (Å²) in [4.78, 5) is 2.68. The second-order valence-corrected chi connectivity index (χ2v) is 8.95. The molecule has 0 aliphatic carbocycles. The molecule has 1 aromatic carbocycles. The van der Waals surface area contributed by atoms with Crippen molar-refractivity contribution in [2.45, 2.75) is 59.2 Å². The summed E-state index contributed by atoms with van der Waals surface area (Å²) in [6.45, 7) is 15.0. The first kappa shape index (κ1) is 17.2. The minimum absolute atomic E-state index is 0.241. The zero-order valence-corrected chi connectivity index (χ0v) is 16.2. The first-order chi connectivity index (χ1) is 9.73. The molecule has 1 N–H and O–H groups in total. The average molecular weight is 400 g/mol. The Morgan fingerprint density at radius 1 is 1.29 bits per heavy atom. The van der Waals surface area contributed by atoms with E-state index in [2.05, 4.69) is 91.7 Å². The largest absolute Gasteiger partial charge is 0.309 e. The molecule has 0 radical (unpaired) electrons. The number of hydrogen-bond acceptors (Lipinski definition) is 2. The van der Waals surface area contributed by atoms with E-state index in [-0.39, 0.29) is 5.54 Å². The van der Waals surface area contributed by atoms with Crippen molar-refractivity contribution in [3.8, 4) is 0 Å². The lowest BCUT2D eigenvalue weighted by molar-refractivity contribution is 0.0204. The Morgan fingerprint density at radius 2 is 1.90 bits per heavy atom. The molecule has 21 heavy (non-hydrogen) atoms. The summed E-state index contributed by atoms with van der Waals surface area (Å²) in [6, 6.07) is 9.54. The fraction of sp³-hybridized carbons (Fsp3) is 0.667. The highest BCUT2D eigenvalue weighted by Crippen LogP contribution is 2.31. The molecule has 1 fully saturated rings. The van der Waals surface area contributed by atoms with Crippen LogP contribution in [-0.4, -0.2) is 29.6 Å². The third-order valence-corrected chi connectivity index (χ3v) is 5.51. The SMILES string of the molecule is CCC1(C)CN(Cc2ccc(I)cc2)C(C(C)(C)C)CN1. The van der Waals surface area contributed by atoms with E-state index in [1.165, 1.54) is 15.6 Å². The van der Waals surface area contributed by atoms with Gasteiger partial charge in [-0.15, -0.1) is 0 Å². The van der Waals surface area contributed by atoms with Crippen LogP contribution in [0.15, 0.2) is 24.3 Å². The van der Waals surface area contributed by atoms with Crippen LogP contribution in [0.1, 0.15) is 46.6 Å². The Labute approximate surface area is 143 Å². The van der Waals surface area contributed by atoms with Crippen LogP contribution in [0.5, 0.6) is 0 Å². The molecular weight excluding hydrogens is 371 g/mol. The lowest BCUT2D eigenvalue weighted by atomic mass is 9.81. The van der Waals surface area contributed by atoms with E-state index in [0.717, 1.165) is 19.6 Å². The Hall–Kier alpha value is -0.130. The molecular formula is C18H29IN2. The second-order valence-electron chi connectivity index (χ2n) is 7.71. The van der Waals surface area contributed by atoms with Gasteiger partial charge in [0.25, 0.3) is 0 Å². The van der Waals surface area contributed by atoms with Crippen LogP contribution in [0.4, 0.5) is 0 Å². The third-order valence-electron chi connectivity index (χ3n) is 4.79. The molecule has 2 rings (SSSR count). The standard InChI is InChI=1S/C18H29IN2/c1-6-18(5)13-21(16(11-20-18)17(2,3)4)12-14-7-9-15(19)10-8-14/h7-10,16,20H,6,11-13H2,1-5H3. The normalized spacial score (nSPS) is 27.8. The van der Waals surface area contributed by atoms with Gasteiger partial charge in [0.2, 0.25) is 0 Å². The maximum atomic E-state index is 3.78. The van der Waals surface area contributed by atoms with Gasteiger partial charge in [0.1, 0.15) is 0 Å². The number of hydrogen-bond donors (Lipinski definition) is 1. The highest BCUT2D eigenvalue weighted by Gasteiger charge is 2.39. The van der Waals surface area contributed by atoms with Crippen molar-refractivity contribution in [2.75, 3.05) is 13.1 Å². The van der Waals surface area contributed by atoms with Gasteiger partial charge >= 0.3 is 0 Å². The van der Waals surface area contributed by atoms with Crippen molar-refractivity contribution in [1.82, 2.24) is 10.2 Å². The van der Waals surface area contributed by atoms with E-state index in [9.17, 15) is 0 Å². The molecule has 3 heteroatoms. The first-order valence-corrected chi connectivity index (χ1v) is 9.05. The molecule has 2 nitrogen and oxygen atoms in total. The fourth-order valence-electron chi connectivity index (χ4n) is 3.17. The quantitative estimate of drug-likeness (QED) is 0.762. The summed E-state index contributed by atoms with van der Waals surface area (Å²) in [6.07, 6.45) is 1.17. The number of rotatable bonds is 3. The van der Waals surface area contributed by atoms with Crippen molar-refractivity contribution in [3.05, 3.63) is 33.4 Å². The molecule has 1 aliphatic rings. The van der Waals surface area contributed by atoms with Gasteiger partial charge < -0.3 is 5.32 Å². The van der Waals surface area contributed by atoms with Crippen LogP contribution in [0.25, 0.3) is 0 Å². The summed E-state index contributed by atoms with van der Waals surface area (Å²) in [5, 5.41) is 3.78. The van der Waals surface area contributed by atoms with E-state index < -0.39 is 0 Å². The van der Waals surface area contributed by atoms with Crippen molar-refractivity contribution in [1.29, 1.82) is 0 Å². The predicted molar refractivity (Wildman–Crippen MR) is 99.5 cm³/mol. The number of piperazine rings is 1. The van der Waals surface area contributed by atoms with Crippen LogP contribution < -0.4 is 5.32 Å². The summed E-state index contributed by atoms with van der Waals surface area (Å²) in [5.74, 6) is 0. The molecule has 0 amide bonds. The molecule has 1 heterocycles. The zero-order valence-electron chi connectivity index (χ0n) is 14.0. The summed E-state index contributed by atoms with van der Waals surface area (Å²) in [5.41, 5.74) is 1.96. The van der Waals surface area contributed by atoms with E-state index >= 15 is 0 Å². The number of benzene rings is 1. The van der Waals surface area contributed by atoms with Crippen molar-refractivity contribution in [3.63, 3.8) is 0 Å². The van der Waals surface area contributed by atoms with Crippen LogP contribution in [0, 0.1) is 8.99 Å². The minimum Gasteiger partial charge on any atom is -0.309 e. The van der Waals surface area contributed by atoms with Gasteiger partial charge in [0, 0.05) is 34.8 Å². The lowest BCUT2D eigenvalue weighted by Gasteiger charge is -2.50. The minimum atomic E-state index is 0.241. The maximum absolute atomic E-state index is 3.78. The van der Waals surface area contributed by atoms with Crippen LogP contribution in [0.2, 0.25) is 0 Å². The van der Waals surface area contributed by atoms with Gasteiger partial charge in [-0.25, -0.2) is 0 Å². The van der Waals surface area contributed by atoms with Crippen LogP contribution in [0.3, 0.4) is 0 Å². The van der Waals surface area contributed by atoms with Gasteiger partial charge in [-0.05, 0) is 59.0 Å². The zero-order chi connectivity index (χ0) is 15.7. The number of nitrogens with zero attached hydrogens (tertiary/aromatic N) is 1. The molecule has 118 valence electrons. The van der Waals surface area contributed by atoms with Gasteiger partial charge in [-0.1, -0.05) is 39.8 Å². The third kappa shape index (κ3) is 4.42. The van der Waals surface area contributed by atoms with E-state index in [0.29, 0.717) is 11.5 Å². The molecule has 2 atom stereocenters. The number of halogens is 1. The fourth-order valence-corrected chi connectivity index (χ4v) is 3.53. The molecule has 1 aromatic rings. The molecule has 0 aromatic heterocycles. The van der Waals surface area contributed by atoms with E-state index in [1.807, 2.05) is 0 Å². The predicted octanol–water partition coefficient (Wildman–Crippen LogP) is 4.28. The molecule has 1 aliphatic heterocycles. The van der Waals surface area contributed by atoms with Gasteiger partial charge in [-0.2, -0.15) is 0 Å². The lowest BCUT2D eigenvalue weighted by Crippen LogP contribution is -2.65. The topological polar surface area (TPSA) is 15.3 Å². The molecule has 2 unspecified atom stereocenters. The average Bonchev–Trinajstić information content (AvgIpc) is 2.40. The molecule has 0 spiro atoms. The Balaban J connectivity index is 2.18. The van der Waals surface area contributed by atoms with Gasteiger partial charge in [0.05, 0.1) is 0 Å². The van der Waals surface area contributed by atoms with Crippen molar-refractivity contribution < 1.29 is 0 Å². The van der Waals surface area contributed by atoms with Crippen molar-refractivity contribution in [2.24, 2.45) is 5.41 Å². The Morgan fingerprint density at radius 3 is 2.43 bits per heavy atom. The van der Waals surface area contributed by atoms with E-state index in [1.54, 1.807) is 0 Å². The van der Waals surface area contributed by atoms with Gasteiger partial charge in [0.15, 0.2) is 0 Å². The molecule has 1 saturated heterocycles. The maximum Gasteiger partial charge on any atom is 0.0278 e. The monoisotopic (exact) mass is 400 g/mol. The van der Waals surface area contributed by atoms with Gasteiger partial charge in [-0.3, -0.25) is 4.90 Å². The molecule has 0 bridgehead atoms. The highest BCUT2D eigenvalue weighted by atomic mass is 127. The summed E-state index contributed by atoms with van der Waals surface area (Å²) in [7, 11) is 0. The summed E-state index contributed by atoms with van der Waals surface area (Å²) >= 11 is 2.37. The second kappa shape index (κ2) is 6.55. The van der Waals surface area contributed by atoms with Crippen LogP contribution in [-0.2, 0) is 6.54 Å². The smallest absolute Gasteiger partial charge is 0.0278 e. The van der Waals surface area contributed by atoms with Crippen LogP contribution >= 0.6 is 22.6 Å².